The second-order valence-corrected chi connectivity index (χ2v) is 6.13. The number of rotatable bonds is 6. The fourth-order valence-corrected chi connectivity index (χ4v) is 2.46. The minimum Gasteiger partial charge on any atom is -0.489 e. The van der Waals surface area contributed by atoms with Crippen LogP contribution < -0.4 is 15.5 Å². The number of urea groups is 1. The highest BCUT2D eigenvalue weighted by atomic mass is 19.1. The number of hydrazone groups is 1. The van der Waals surface area contributed by atoms with Crippen LogP contribution in [0.15, 0.2) is 77.9 Å². The van der Waals surface area contributed by atoms with Gasteiger partial charge in [0.1, 0.15) is 18.2 Å². The summed E-state index contributed by atoms with van der Waals surface area (Å²) < 4.78 is 18.6. The highest BCUT2D eigenvalue weighted by Gasteiger charge is 2.02. The van der Waals surface area contributed by atoms with E-state index >= 15 is 0 Å². The first-order chi connectivity index (χ1) is 13.6. The normalized spacial score (nSPS) is 10.6. The third kappa shape index (κ3) is 5.67. The van der Waals surface area contributed by atoms with E-state index in [2.05, 4.69) is 15.8 Å². The lowest BCUT2D eigenvalue weighted by Gasteiger charge is -2.07. The molecule has 3 aromatic rings. The summed E-state index contributed by atoms with van der Waals surface area (Å²) in [5.41, 5.74) is 5.77. The largest absolute Gasteiger partial charge is 0.489 e. The lowest BCUT2D eigenvalue weighted by Crippen LogP contribution is -2.24. The van der Waals surface area contributed by atoms with Crippen LogP contribution in [0, 0.1) is 12.7 Å². The van der Waals surface area contributed by atoms with E-state index in [1.54, 1.807) is 18.2 Å². The number of carbonyl (C=O) groups excluding carboxylic acids is 1. The molecular formula is C22H20FN3O2. The third-order valence-electron chi connectivity index (χ3n) is 3.95. The Hall–Kier alpha value is -3.67. The van der Waals surface area contributed by atoms with Crippen LogP contribution in [-0.2, 0) is 6.61 Å². The van der Waals surface area contributed by atoms with E-state index in [4.69, 9.17) is 4.74 Å². The maximum atomic E-state index is 12.9. The Kier molecular flexibility index (Phi) is 6.36. The smallest absolute Gasteiger partial charge is 0.339 e. The molecule has 0 saturated carbocycles. The molecule has 0 unspecified atom stereocenters. The molecule has 5 nitrogen and oxygen atoms in total. The van der Waals surface area contributed by atoms with Crippen molar-refractivity contribution < 1.29 is 13.9 Å². The van der Waals surface area contributed by atoms with Gasteiger partial charge in [-0.25, -0.2) is 14.6 Å². The molecule has 0 aliphatic heterocycles. The molecule has 0 fully saturated rings. The molecule has 0 aromatic heterocycles. The van der Waals surface area contributed by atoms with Crippen molar-refractivity contribution in [1.82, 2.24) is 5.43 Å². The molecule has 3 rings (SSSR count). The van der Waals surface area contributed by atoms with Gasteiger partial charge in [-0.3, -0.25) is 0 Å². The summed E-state index contributed by atoms with van der Waals surface area (Å²) >= 11 is 0. The SMILES string of the molecule is Cc1ccccc1NC(=O)NN=Cc1cccc(OCc2ccc(F)cc2)c1. The van der Waals surface area contributed by atoms with Crippen molar-refractivity contribution in [1.29, 1.82) is 0 Å². The van der Waals surface area contributed by atoms with Crippen LogP contribution >= 0.6 is 0 Å². The number of nitrogens with zero attached hydrogens (tertiary/aromatic N) is 1. The van der Waals surface area contributed by atoms with E-state index in [9.17, 15) is 9.18 Å². The molecule has 28 heavy (non-hydrogen) atoms. The standard InChI is InChI=1S/C22H20FN3O2/c1-16-5-2-3-8-21(16)25-22(27)26-24-14-18-6-4-7-20(13-18)28-15-17-9-11-19(23)12-10-17/h2-14H,15H2,1H3,(H2,25,26,27). The number of benzene rings is 3. The van der Waals surface area contributed by atoms with Gasteiger partial charge in [-0.1, -0.05) is 42.5 Å². The fourth-order valence-electron chi connectivity index (χ4n) is 2.46. The molecule has 0 radical (unpaired) electrons. The van der Waals surface area contributed by atoms with Gasteiger partial charge >= 0.3 is 6.03 Å². The predicted octanol–water partition coefficient (Wildman–Crippen LogP) is 4.87. The van der Waals surface area contributed by atoms with Crippen molar-refractivity contribution in [3.05, 3.63) is 95.3 Å². The second kappa shape index (κ2) is 9.32. The van der Waals surface area contributed by atoms with E-state index in [1.807, 2.05) is 49.4 Å². The number of hydrogen-bond acceptors (Lipinski definition) is 3. The number of halogens is 1. The van der Waals surface area contributed by atoms with Gasteiger partial charge in [0.05, 0.1) is 6.21 Å². The zero-order chi connectivity index (χ0) is 19.8. The Labute approximate surface area is 162 Å². The summed E-state index contributed by atoms with van der Waals surface area (Å²) in [4.78, 5) is 11.9. The van der Waals surface area contributed by atoms with E-state index in [1.165, 1.54) is 18.3 Å². The van der Waals surface area contributed by atoms with Crippen molar-refractivity contribution in [2.75, 3.05) is 5.32 Å². The number of amides is 2. The second-order valence-electron chi connectivity index (χ2n) is 6.13. The van der Waals surface area contributed by atoms with Crippen molar-refractivity contribution >= 4 is 17.9 Å². The molecule has 0 aliphatic carbocycles. The fraction of sp³-hybridized carbons (Fsp3) is 0.0909. The van der Waals surface area contributed by atoms with Gasteiger partial charge in [0, 0.05) is 5.69 Å². The number of hydrogen-bond donors (Lipinski definition) is 2. The van der Waals surface area contributed by atoms with E-state index < -0.39 is 6.03 Å². The third-order valence-corrected chi connectivity index (χ3v) is 3.95. The van der Waals surface area contributed by atoms with E-state index in [0.29, 0.717) is 12.4 Å². The van der Waals surface area contributed by atoms with Crippen LogP contribution in [0.3, 0.4) is 0 Å². The zero-order valence-electron chi connectivity index (χ0n) is 15.4. The highest BCUT2D eigenvalue weighted by molar-refractivity contribution is 5.91. The molecule has 0 atom stereocenters. The summed E-state index contributed by atoms with van der Waals surface area (Å²) in [5, 5.41) is 6.69. The quantitative estimate of drug-likeness (QED) is 0.476. The topological polar surface area (TPSA) is 62.7 Å². The van der Waals surface area contributed by atoms with Crippen LogP contribution in [0.2, 0.25) is 0 Å². The Balaban J connectivity index is 1.52. The Morgan fingerprint density at radius 3 is 2.64 bits per heavy atom. The molecule has 3 aromatic carbocycles. The minimum absolute atomic E-state index is 0.277. The number of nitrogens with one attached hydrogen (secondary N) is 2. The minimum atomic E-state index is -0.422. The average Bonchev–Trinajstić information content (AvgIpc) is 2.70. The van der Waals surface area contributed by atoms with Crippen LogP contribution in [0.5, 0.6) is 5.75 Å². The van der Waals surface area contributed by atoms with E-state index in [0.717, 1.165) is 22.4 Å². The first-order valence-electron chi connectivity index (χ1n) is 8.73. The van der Waals surface area contributed by atoms with Crippen LogP contribution in [-0.4, -0.2) is 12.2 Å². The summed E-state index contributed by atoms with van der Waals surface area (Å²) in [7, 11) is 0. The zero-order valence-corrected chi connectivity index (χ0v) is 15.4. The number of anilines is 1. The lowest BCUT2D eigenvalue weighted by molar-refractivity contribution is 0.252. The first-order valence-corrected chi connectivity index (χ1v) is 8.73. The van der Waals surface area contributed by atoms with Gasteiger partial charge in [-0.05, 0) is 53.9 Å². The Bertz CT molecular complexity index is 972. The van der Waals surface area contributed by atoms with Gasteiger partial charge < -0.3 is 10.1 Å². The maximum absolute atomic E-state index is 12.9. The summed E-state index contributed by atoms with van der Waals surface area (Å²) in [6.07, 6.45) is 1.53. The van der Waals surface area contributed by atoms with Gasteiger partial charge in [0.2, 0.25) is 0 Å². The van der Waals surface area contributed by atoms with Gasteiger partial charge in [0.15, 0.2) is 0 Å². The molecule has 0 heterocycles. The first kappa shape index (κ1) is 19.1. The molecular weight excluding hydrogens is 357 g/mol. The summed E-state index contributed by atoms with van der Waals surface area (Å²) in [6.45, 7) is 2.24. The van der Waals surface area contributed by atoms with Crippen molar-refractivity contribution in [3.8, 4) is 5.75 Å². The molecule has 2 N–H and O–H groups in total. The number of carbonyl (C=O) groups is 1. The molecule has 142 valence electrons. The lowest BCUT2D eigenvalue weighted by atomic mass is 10.2. The predicted molar refractivity (Wildman–Crippen MR) is 108 cm³/mol. The van der Waals surface area contributed by atoms with Crippen LogP contribution in [0.25, 0.3) is 0 Å². The molecule has 6 heteroatoms. The number of ether oxygens (including phenoxy) is 1. The molecule has 0 bridgehead atoms. The summed E-state index contributed by atoms with van der Waals surface area (Å²) in [6, 6.07) is 20.5. The molecule has 0 saturated heterocycles. The van der Waals surface area contributed by atoms with Crippen molar-refractivity contribution in [3.63, 3.8) is 0 Å². The van der Waals surface area contributed by atoms with Gasteiger partial charge in [-0.2, -0.15) is 5.10 Å². The monoisotopic (exact) mass is 377 g/mol. The molecule has 0 spiro atoms. The van der Waals surface area contributed by atoms with Gasteiger partial charge in [0.25, 0.3) is 0 Å². The average molecular weight is 377 g/mol. The number of aryl methyl sites for hydroxylation is 1. The molecule has 0 aliphatic rings. The highest BCUT2D eigenvalue weighted by Crippen LogP contribution is 2.15. The Morgan fingerprint density at radius 2 is 1.86 bits per heavy atom. The maximum Gasteiger partial charge on any atom is 0.339 e. The molecule has 2 amide bonds. The van der Waals surface area contributed by atoms with Crippen molar-refractivity contribution in [2.24, 2.45) is 5.10 Å². The number of para-hydroxylation sites is 1. The van der Waals surface area contributed by atoms with Crippen LogP contribution in [0.1, 0.15) is 16.7 Å². The van der Waals surface area contributed by atoms with E-state index in [-0.39, 0.29) is 5.82 Å². The van der Waals surface area contributed by atoms with Crippen molar-refractivity contribution in [2.45, 2.75) is 13.5 Å². The summed E-state index contributed by atoms with van der Waals surface area (Å²) in [5.74, 6) is 0.374. The van der Waals surface area contributed by atoms with Crippen LogP contribution in [0.4, 0.5) is 14.9 Å². The Morgan fingerprint density at radius 1 is 1.07 bits per heavy atom. The van der Waals surface area contributed by atoms with Gasteiger partial charge in [-0.15, -0.1) is 0 Å².